The van der Waals surface area contributed by atoms with E-state index in [0.29, 0.717) is 0 Å². The topological polar surface area (TPSA) is 38.7 Å². The molecule has 0 bridgehead atoms. The number of benzene rings is 7. The van der Waals surface area contributed by atoms with E-state index < -0.39 is 0 Å². The third-order valence-corrected chi connectivity index (χ3v) is 9.13. The first-order valence-corrected chi connectivity index (χ1v) is 16.2. The van der Waals surface area contributed by atoms with Crippen molar-refractivity contribution in [2.75, 3.05) is 0 Å². The van der Waals surface area contributed by atoms with Crippen LogP contribution < -0.4 is 0 Å². The molecule has 48 heavy (non-hydrogen) atoms. The van der Waals surface area contributed by atoms with E-state index in [0.717, 1.165) is 55.6 Å². The fourth-order valence-corrected chi connectivity index (χ4v) is 6.70. The van der Waals surface area contributed by atoms with Crippen LogP contribution in [-0.2, 0) is 0 Å². The minimum Gasteiger partial charge on any atom is -0.256 e. The molecule has 3 heteroatoms. The molecule has 0 fully saturated rings. The van der Waals surface area contributed by atoms with E-state index in [1.807, 2.05) is 42.6 Å². The fourth-order valence-electron chi connectivity index (χ4n) is 6.70. The molecule has 9 rings (SSSR count). The zero-order valence-electron chi connectivity index (χ0n) is 26.1. The van der Waals surface area contributed by atoms with Crippen LogP contribution in [0.4, 0.5) is 0 Å². The molecule has 0 aliphatic carbocycles. The number of pyridine rings is 1. The summed E-state index contributed by atoms with van der Waals surface area (Å²) in [7, 11) is 0. The predicted octanol–water partition coefficient (Wildman–Crippen LogP) is 11.7. The van der Waals surface area contributed by atoms with E-state index in [2.05, 4.69) is 138 Å². The van der Waals surface area contributed by atoms with Gasteiger partial charge in [-0.2, -0.15) is 0 Å². The quantitative estimate of drug-likeness (QED) is 0.182. The summed E-state index contributed by atoms with van der Waals surface area (Å²) in [6.45, 7) is 0. The van der Waals surface area contributed by atoms with Crippen molar-refractivity contribution in [1.29, 1.82) is 0 Å². The highest BCUT2D eigenvalue weighted by atomic mass is 14.8. The Balaban J connectivity index is 1.10. The number of hydrogen-bond acceptors (Lipinski definition) is 3. The molecule has 0 unspecified atom stereocenters. The molecule has 0 amide bonds. The number of para-hydroxylation sites is 2. The molecule has 9 aromatic rings. The lowest BCUT2D eigenvalue weighted by Gasteiger charge is -2.13. The molecule has 7 aromatic carbocycles. The van der Waals surface area contributed by atoms with Gasteiger partial charge in [0.05, 0.1) is 27.9 Å². The summed E-state index contributed by atoms with van der Waals surface area (Å²) in [5.74, 6) is 0. The van der Waals surface area contributed by atoms with Gasteiger partial charge in [0.15, 0.2) is 0 Å². The molecular formula is C45H29N3. The highest BCUT2D eigenvalue weighted by Gasteiger charge is 2.15. The van der Waals surface area contributed by atoms with Gasteiger partial charge in [-0.05, 0) is 63.0 Å². The molecule has 0 saturated carbocycles. The van der Waals surface area contributed by atoms with Crippen molar-refractivity contribution in [3.05, 3.63) is 176 Å². The van der Waals surface area contributed by atoms with E-state index in [-0.39, 0.29) is 0 Å². The van der Waals surface area contributed by atoms with Crippen molar-refractivity contribution in [1.82, 2.24) is 15.0 Å². The maximum Gasteiger partial charge on any atom is 0.0973 e. The van der Waals surface area contributed by atoms with E-state index in [4.69, 9.17) is 9.97 Å². The van der Waals surface area contributed by atoms with Crippen LogP contribution in [0, 0.1) is 0 Å². The summed E-state index contributed by atoms with van der Waals surface area (Å²) in [5, 5.41) is 3.53. The SMILES string of the molecule is c1ccc(-c2ccc(-c3nc4ccccc4nc3-c3cccc(-c4ccc(-c5cccc6c5ccc5cccnc56)cc4)c3)cc2)cc1. The molecule has 0 aliphatic rings. The van der Waals surface area contributed by atoms with Crippen LogP contribution >= 0.6 is 0 Å². The van der Waals surface area contributed by atoms with Gasteiger partial charge < -0.3 is 0 Å². The minimum absolute atomic E-state index is 0.872. The molecular weight excluding hydrogens is 583 g/mol. The Kier molecular flexibility index (Phi) is 6.80. The van der Waals surface area contributed by atoms with Crippen LogP contribution in [0.5, 0.6) is 0 Å². The molecule has 224 valence electrons. The van der Waals surface area contributed by atoms with Gasteiger partial charge in [-0.1, -0.05) is 146 Å². The Hall–Kier alpha value is -6.45. The van der Waals surface area contributed by atoms with Crippen molar-refractivity contribution < 1.29 is 0 Å². The maximum atomic E-state index is 5.17. The summed E-state index contributed by atoms with van der Waals surface area (Å²) in [5.41, 5.74) is 13.6. The molecule has 0 radical (unpaired) electrons. The lowest BCUT2D eigenvalue weighted by molar-refractivity contribution is 1.29. The Labute approximate surface area is 278 Å². The highest BCUT2D eigenvalue weighted by molar-refractivity contribution is 6.10. The number of nitrogens with zero attached hydrogens (tertiary/aromatic N) is 3. The number of rotatable bonds is 5. The Morgan fingerprint density at radius 3 is 1.69 bits per heavy atom. The first-order chi connectivity index (χ1) is 23.8. The van der Waals surface area contributed by atoms with Crippen molar-refractivity contribution in [2.45, 2.75) is 0 Å². The normalized spacial score (nSPS) is 11.3. The van der Waals surface area contributed by atoms with Gasteiger partial charge in [0.1, 0.15) is 0 Å². The third kappa shape index (κ3) is 4.99. The molecule has 3 nitrogen and oxygen atoms in total. The summed E-state index contributed by atoms with van der Waals surface area (Å²) in [6, 6.07) is 59.6. The van der Waals surface area contributed by atoms with Crippen molar-refractivity contribution in [3.8, 4) is 55.9 Å². The molecule has 2 aromatic heterocycles. The van der Waals surface area contributed by atoms with Gasteiger partial charge in [0, 0.05) is 28.1 Å². The zero-order valence-corrected chi connectivity index (χ0v) is 26.1. The summed E-state index contributed by atoms with van der Waals surface area (Å²) in [6.07, 6.45) is 1.87. The van der Waals surface area contributed by atoms with Crippen LogP contribution in [0.25, 0.3) is 88.6 Å². The molecule has 0 spiro atoms. The molecule has 0 N–H and O–H groups in total. The van der Waals surface area contributed by atoms with E-state index in [1.54, 1.807) is 0 Å². The lowest BCUT2D eigenvalue weighted by Crippen LogP contribution is -1.96. The molecule has 0 saturated heterocycles. The molecule has 2 heterocycles. The second kappa shape index (κ2) is 11.7. The monoisotopic (exact) mass is 611 g/mol. The van der Waals surface area contributed by atoms with Crippen LogP contribution in [0.2, 0.25) is 0 Å². The minimum atomic E-state index is 0.872. The molecule has 0 aliphatic heterocycles. The third-order valence-electron chi connectivity index (χ3n) is 9.13. The lowest BCUT2D eigenvalue weighted by atomic mass is 9.94. The standard InChI is InChI=1S/C45H29N3/c1-2-9-30(10-3-1)31-20-24-35(25-21-31)44-45(48-42-17-5-4-16-41(42)47-44)37-12-6-11-36(29-37)32-18-22-33(23-19-32)38-14-7-15-40-39(38)27-26-34-13-8-28-46-43(34)40/h1-29H. The van der Waals surface area contributed by atoms with Crippen LogP contribution in [0.3, 0.4) is 0 Å². The average Bonchev–Trinajstić information content (AvgIpc) is 3.17. The smallest absolute Gasteiger partial charge is 0.0973 e. The maximum absolute atomic E-state index is 5.17. The Morgan fingerprint density at radius 2 is 0.917 bits per heavy atom. The van der Waals surface area contributed by atoms with Gasteiger partial charge in [0.25, 0.3) is 0 Å². The van der Waals surface area contributed by atoms with Crippen molar-refractivity contribution in [2.24, 2.45) is 0 Å². The van der Waals surface area contributed by atoms with E-state index >= 15 is 0 Å². The van der Waals surface area contributed by atoms with Gasteiger partial charge in [-0.3, -0.25) is 4.98 Å². The largest absolute Gasteiger partial charge is 0.256 e. The van der Waals surface area contributed by atoms with Crippen molar-refractivity contribution in [3.63, 3.8) is 0 Å². The highest BCUT2D eigenvalue weighted by Crippen LogP contribution is 2.36. The van der Waals surface area contributed by atoms with Crippen LogP contribution in [0.15, 0.2) is 176 Å². The molecule has 0 atom stereocenters. The van der Waals surface area contributed by atoms with Crippen LogP contribution in [-0.4, -0.2) is 15.0 Å². The fraction of sp³-hybridized carbons (Fsp3) is 0. The first kappa shape index (κ1) is 27.8. The van der Waals surface area contributed by atoms with Gasteiger partial charge in [-0.15, -0.1) is 0 Å². The second-order valence-corrected chi connectivity index (χ2v) is 12.1. The number of aromatic nitrogens is 3. The van der Waals surface area contributed by atoms with E-state index in [1.165, 1.54) is 33.0 Å². The second-order valence-electron chi connectivity index (χ2n) is 12.1. The van der Waals surface area contributed by atoms with Gasteiger partial charge >= 0.3 is 0 Å². The van der Waals surface area contributed by atoms with Gasteiger partial charge in [-0.25, -0.2) is 9.97 Å². The van der Waals surface area contributed by atoms with Crippen LogP contribution in [0.1, 0.15) is 0 Å². The van der Waals surface area contributed by atoms with Crippen molar-refractivity contribution >= 4 is 32.7 Å². The summed E-state index contributed by atoms with van der Waals surface area (Å²) < 4.78 is 0. The first-order valence-electron chi connectivity index (χ1n) is 16.2. The predicted molar refractivity (Wildman–Crippen MR) is 200 cm³/mol. The average molecular weight is 612 g/mol. The van der Waals surface area contributed by atoms with Gasteiger partial charge in [0.2, 0.25) is 0 Å². The zero-order chi connectivity index (χ0) is 31.9. The number of hydrogen-bond donors (Lipinski definition) is 0. The summed E-state index contributed by atoms with van der Waals surface area (Å²) >= 11 is 0. The summed E-state index contributed by atoms with van der Waals surface area (Å²) in [4.78, 5) is 15.0. The van der Waals surface area contributed by atoms with E-state index in [9.17, 15) is 0 Å². The number of fused-ring (bicyclic) bond motifs is 4. The Bertz CT molecular complexity index is 2590. The Morgan fingerprint density at radius 1 is 0.333 bits per heavy atom.